The van der Waals surface area contributed by atoms with Gasteiger partial charge in [0.2, 0.25) is 17.8 Å². The Morgan fingerprint density at radius 2 is 1.63 bits per heavy atom. The van der Waals surface area contributed by atoms with Gasteiger partial charge in [0.15, 0.2) is 0 Å². The van der Waals surface area contributed by atoms with Crippen LogP contribution in [-0.2, 0) is 25.7 Å². The molecule has 1 aromatic heterocycles. The van der Waals surface area contributed by atoms with Crippen LogP contribution in [-0.4, -0.2) is 140 Å². The van der Waals surface area contributed by atoms with Gasteiger partial charge in [-0.15, -0.1) is 0 Å². The summed E-state index contributed by atoms with van der Waals surface area (Å²) in [7, 11) is 1.77. The topological polar surface area (TPSA) is 128 Å². The van der Waals surface area contributed by atoms with Crippen molar-refractivity contribution >= 4 is 24.0 Å². The Bertz CT molecular complexity index is 808. The highest BCUT2D eigenvalue weighted by Gasteiger charge is 2.23. The molecule has 0 bridgehead atoms. The summed E-state index contributed by atoms with van der Waals surface area (Å²) in [5.41, 5.74) is 6.49. The van der Waals surface area contributed by atoms with Crippen LogP contribution in [0.15, 0.2) is 12.4 Å². The van der Waals surface area contributed by atoms with Crippen LogP contribution >= 0.6 is 0 Å². The Morgan fingerprint density at radius 1 is 1.00 bits per heavy atom. The number of hydrogen-bond acceptors (Lipinski definition) is 10. The van der Waals surface area contributed by atoms with Crippen LogP contribution < -0.4 is 10.6 Å². The highest BCUT2D eigenvalue weighted by molar-refractivity contribution is 5.78. The van der Waals surface area contributed by atoms with Crippen molar-refractivity contribution in [2.24, 2.45) is 5.73 Å². The molecule has 0 spiro atoms. The van der Waals surface area contributed by atoms with E-state index in [1.54, 1.807) is 24.3 Å². The van der Waals surface area contributed by atoms with E-state index in [0.717, 1.165) is 31.5 Å². The van der Waals surface area contributed by atoms with E-state index in [4.69, 9.17) is 10.5 Å². The lowest BCUT2D eigenvalue weighted by Crippen LogP contribution is -2.51. The average Bonchev–Trinajstić information content (AvgIpc) is 2.89. The molecule has 3 rings (SSSR count). The number of rotatable bonds is 12. The number of anilines is 1. The maximum Gasteiger partial charge on any atom is 0.236 e. The van der Waals surface area contributed by atoms with E-state index in [-0.39, 0.29) is 24.9 Å². The molecular formula is C23H38N8O4. The van der Waals surface area contributed by atoms with Crippen molar-refractivity contribution in [2.45, 2.75) is 13.0 Å². The van der Waals surface area contributed by atoms with Crippen LogP contribution in [0.2, 0.25) is 0 Å². The summed E-state index contributed by atoms with van der Waals surface area (Å²) in [6.45, 7) is 8.37. The minimum atomic E-state index is 0.0571. The molecule has 2 aliphatic rings. The van der Waals surface area contributed by atoms with Crippen molar-refractivity contribution in [3.8, 4) is 0 Å². The van der Waals surface area contributed by atoms with Crippen molar-refractivity contribution in [2.75, 3.05) is 97.2 Å². The molecule has 194 valence electrons. The van der Waals surface area contributed by atoms with Crippen LogP contribution in [0, 0.1) is 0 Å². The number of amides is 2. The summed E-state index contributed by atoms with van der Waals surface area (Å²) >= 11 is 0. The van der Waals surface area contributed by atoms with Gasteiger partial charge in [-0.3, -0.25) is 19.4 Å². The molecule has 0 saturated carbocycles. The van der Waals surface area contributed by atoms with E-state index in [1.807, 2.05) is 9.80 Å². The van der Waals surface area contributed by atoms with Crippen LogP contribution in [0.5, 0.6) is 0 Å². The second kappa shape index (κ2) is 14.0. The molecule has 12 heteroatoms. The molecule has 2 aliphatic heterocycles. The molecule has 0 atom stereocenters. The second-order valence-electron chi connectivity index (χ2n) is 8.91. The number of hydrogen-bond donors (Lipinski definition) is 1. The largest absolute Gasteiger partial charge is 0.380 e. The fourth-order valence-electron chi connectivity index (χ4n) is 4.13. The van der Waals surface area contributed by atoms with E-state index in [0.29, 0.717) is 71.4 Å². The number of likely N-dealkylation sites (N-methyl/N-ethyl adjacent to an activating group) is 1. The molecule has 35 heavy (non-hydrogen) atoms. The quantitative estimate of drug-likeness (QED) is 0.266. The third-order valence-corrected chi connectivity index (χ3v) is 6.37. The lowest BCUT2D eigenvalue weighted by molar-refractivity contribution is -0.134. The van der Waals surface area contributed by atoms with Crippen molar-refractivity contribution in [3.05, 3.63) is 18.0 Å². The zero-order chi connectivity index (χ0) is 25.0. The predicted molar refractivity (Wildman–Crippen MR) is 131 cm³/mol. The summed E-state index contributed by atoms with van der Waals surface area (Å²) in [6, 6.07) is 0. The first-order valence-corrected chi connectivity index (χ1v) is 12.2. The molecule has 0 unspecified atom stereocenters. The number of ether oxygens (including phenoxy) is 1. The third-order valence-electron chi connectivity index (χ3n) is 6.37. The normalized spacial score (nSPS) is 17.2. The van der Waals surface area contributed by atoms with Crippen molar-refractivity contribution < 1.29 is 19.1 Å². The van der Waals surface area contributed by atoms with Crippen molar-refractivity contribution in [3.63, 3.8) is 0 Å². The highest BCUT2D eigenvalue weighted by Crippen LogP contribution is 2.11. The maximum atomic E-state index is 12.5. The van der Waals surface area contributed by atoms with Gasteiger partial charge in [-0.25, -0.2) is 9.97 Å². The number of nitrogens with two attached hydrogens (primary N) is 1. The van der Waals surface area contributed by atoms with Gasteiger partial charge in [0.05, 0.1) is 32.7 Å². The van der Waals surface area contributed by atoms with Crippen molar-refractivity contribution in [1.29, 1.82) is 0 Å². The van der Waals surface area contributed by atoms with E-state index < -0.39 is 0 Å². The Hall–Kier alpha value is -2.67. The SMILES string of the molecule is CN(CC=O)CC(=O)N1CCN(CCOCCC(=O)N2CCN(c3ncc(CN)cn3)CC2)CC1. The molecule has 0 aliphatic carbocycles. The monoisotopic (exact) mass is 490 g/mol. The van der Waals surface area contributed by atoms with Gasteiger partial charge in [-0.1, -0.05) is 0 Å². The molecule has 1 aromatic rings. The first kappa shape index (κ1) is 26.9. The van der Waals surface area contributed by atoms with E-state index in [1.165, 1.54) is 0 Å². The summed E-state index contributed by atoms with van der Waals surface area (Å²) in [6.07, 6.45) is 4.66. The zero-order valence-corrected chi connectivity index (χ0v) is 20.7. The highest BCUT2D eigenvalue weighted by atomic mass is 16.5. The number of carbonyl (C=O) groups excluding carboxylic acids is 3. The van der Waals surface area contributed by atoms with Gasteiger partial charge in [-0.05, 0) is 7.05 Å². The number of aldehydes is 1. The molecule has 2 amide bonds. The number of nitrogens with zero attached hydrogens (tertiary/aromatic N) is 7. The fourth-order valence-corrected chi connectivity index (χ4v) is 4.13. The Morgan fingerprint density at radius 3 is 2.26 bits per heavy atom. The fraction of sp³-hybridized carbons (Fsp3) is 0.696. The second-order valence-corrected chi connectivity index (χ2v) is 8.91. The van der Waals surface area contributed by atoms with Gasteiger partial charge in [0.1, 0.15) is 6.29 Å². The molecule has 0 radical (unpaired) electrons. The molecule has 0 aromatic carbocycles. The van der Waals surface area contributed by atoms with E-state index in [2.05, 4.69) is 19.8 Å². The maximum absolute atomic E-state index is 12.5. The smallest absolute Gasteiger partial charge is 0.236 e. The van der Waals surface area contributed by atoms with Gasteiger partial charge in [0, 0.05) is 83.4 Å². The standard InChI is InChI=1S/C23H38N8O4/c1-27(11-13-32)19-22(34)30-5-3-28(4-6-30)12-15-35-14-2-21(33)29-7-9-31(10-8-29)23-25-17-20(16-24)18-26-23/h13,17-18H,2-12,14-16,19,24H2,1H3. The van der Waals surface area contributed by atoms with Gasteiger partial charge >= 0.3 is 0 Å². The van der Waals surface area contributed by atoms with E-state index in [9.17, 15) is 14.4 Å². The summed E-state index contributed by atoms with van der Waals surface area (Å²) in [5, 5.41) is 0. The first-order chi connectivity index (χ1) is 17.0. The van der Waals surface area contributed by atoms with Crippen LogP contribution in [0.1, 0.15) is 12.0 Å². The summed E-state index contributed by atoms with van der Waals surface area (Å²) < 4.78 is 5.71. The lowest BCUT2D eigenvalue weighted by Gasteiger charge is -2.35. The lowest BCUT2D eigenvalue weighted by atomic mass is 10.3. The Kier molecular flexibility index (Phi) is 10.8. The number of carbonyl (C=O) groups is 3. The average molecular weight is 491 g/mol. The molecule has 3 heterocycles. The summed E-state index contributed by atoms with van der Waals surface area (Å²) in [4.78, 5) is 53.8. The van der Waals surface area contributed by atoms with Crippen molar-refractivity contribution in [1.82, 2.24) is 29.6 Å². The third kappa shape index (κ3) is 8.49. The Labute approximate surface area is 207 Å². The minimum absolute atomic E-state index is 0.0571. The molecule has 2 fully saturated rings. The molecular weight excluding hydrogens is 452 g/mol. The molecule has 12 nitrogen and oxygen atoms in total. The number of piperazine rings is 2. The van der Waals surface area contributed by atoms with Gasteiger partial charge in [-0.2, -0.15) is 0 Å². The Balaban J connectivity index is 1.24. The van der Waals surface area contributed by atoms with Crippen LogP contribution in [0.25, 0.3) is 0 Å². The van der Waals surface area contributed by atoms with Gasteiger partial charge < -0.3 is 30.0 Å². The van der Waals surface area contributed by atoms with Crippen LogP contribution in [0.3, 0.4) is 0 Å². The predicted octanol–water partition coefficient (Wildman–Crippen LogP) is -1.73. The van der Waals surface area contributed by atoms with E-state index >= 15 is 0 Å². The first-order valence-electron chi connectivity index (χ1n) is 12.2. The molecule has 2 saturated heterocycles. The van der Waals surface area contributed by atoms with Gasteiger partial charge in [0.25, 0.3) is 0 Å². The number of aromatic nitrogens is 2. The summed E-state index contributed by atoms with van der Waals surface area (Å²) in [5.74, 6) is 0.838. The minimum Gasteiger partial charge on any atom is -0.380 e. The van der Waals surface area contributed by atoms with Crippen LogP contribution in [0.4, 0.5) is 5.95 Å². The molecule has 2 N–H and O–H groups in total. The zero-order valence-electron chi connectivity index (χ0n) is 20.7.